The fourth-order valence-electron chi connectivity index (χ4n) is 4.98. The molecule has 34 heavy (non-hydrogen) atoms. The molecule has 0 bridgehead atoms. The number of likely N-dealkylation sites (N-methyl/N-ethyl adjacent to an activating group) is 1. The van der Waals surface area contributed by atoms with Gasteiger partial charge in [-0.1, -0.05) is 18.6 Å². The average molecular weight is 463 g/mol. The maximum Gasteiger partial charge on any atom is 0.253 e. The molecule has 0 aliphatic carbocycles. The molecule has 0 radical (unpaired) electrons. The van der Waals surface area contributed by atoms with Crippen molar-refractivity contribution in [2.24, 2.45) is 0 Å². The molecular formula is C28H38N4O2. The Morgan fingerprint density at radius 3 is 2.53 bits per heavy atom. The monoisotopic (exact) mass is 462 g/mol. The van der Waals surface area contributed by atoms with Crippen LogP contribution < -0.4 is 4.74 Å². The van der Waals surface area contributed by atoms with Gasteiger partial charge in [0.15, 0.2) is 0 Å². The minimum absolute atomic E-state index is 0.0709. The molecule has 0 saturated carbocycles. The Hall–Kier alpha value is -2.86. The van der Waals surface area contributed by atoms with Crippen LogP contribution in [-0.4, -0.2) is 64.6 Å². The lowest BCUT2D eigenvalue weighted by molar-refractivity contribution is 0.0773. The molecule has 1 saturated heterocycles. The van der Waals surface area contributed by atoms with Gasteiger partial charge in [0, 0.05) is 37.7 Å². The molecule has 2 aromatic carbocycles. The number of hydrogen-bond donors (Lipinski definition) is 0. The molecule has 4 rings (SSSR count). The first kappa shape index (κ1) is 24.3. The van der Waals surface area contributed by atoms with Crippen molar-refractivity contribution in [2.45, 2.75) is 59.0 Å². The molecule has 1 fully saturated rings. The van der Waals surface area contributed by atoms with Gasteiger partial charge in [0.05, 0.1) is 17.6 Å². The summed E-state index contributed by atoms with van der Waals surface area (Å²) in [5.74, 6) is 2.01. The number of piperidine rings is 1. The van der Waals surface area contributed by atoms with Crippen LogP contribution in [-0.2, 0) is 13.0 Å². The number of nitrogens with zero attached hydrogens (tertiary/aromatic N) is 4. The van der Waals surface area contributed by atoms with Crippen molar-refractivity contribution in [2.75, 3.05) is 33.3 Å². The third-order valence-corrected chi connectivity index (χ3v) is 7.04. The van der Waals surface area contributed by atoms with Gasteiger partial charge in [-0.2, -0.15) is 0 Å². The number of amides is 1. The number of ether oxygens (including phenoxy) is 1. The zero-order valence-corrected chi connectivity index (χ0v) is 21.1. The fourth-order valence-corrected chi connectivity index (χ4v) is 4.98. The summed E-state index contributed by atoms with van der Waals surface area (Å²) in [5, 5.41) is 0. The van der Waals surface area contributed by atoms with Gasteiger partial charge in [-0.15, -0.1) is 0 Å². The lowest BCUT2D eigenvalue weighted by Crippen LogP contribution is -2.39. The summed E-state index contributed by atoms with van der Waals surface area (Å²) < 4.78 is 7.99. The van der Waals surface area contributed by atoms with E-state index in [4.69, 9.17) is 9.72 Å². The van der Waals surface area contributed by atoms with Gasteiger partial charge in [-0.25, -0.2) is 4.98 Å². The molecule has 6 nitrogen and oxygen atoms in total. The highest BCUT2D eigenvalue weighted by Gasteiger charge is 2.23. The first-order valence-corrected chi connectivity index (χ1v) is 12.7. The quantitative estimate of drug-likeness (QED) is 0.449. The SMILES string of the molecule is CCOc1ccc(Cc2nc3cc(C(=O)N(CC)CC)ccc3n2CC2CCCCN2C)cc1. The van der Waals surface area contributed by atoms with Crippen LogP contribution in [0.25, 0.3) is 11.0 Å². The third kappa shape index (κ3) is 5.27. The van der Waals surface area contributed by atoms with E-state index in [9.17, 15) is 4.79 Å². The van der Waals surface area contributed by atoms with E-state index in [2.05, 4.69) is 34.7 Å². The van der Waals surface area contributed by atoms with E-state index in [0.717, 1.165) is 42.1 Å². The maximum absolute atomic E-state index is 13.0. The van der Waals surface area contributed by atoms with E-state index in [1.54, 1.807) is 0 Å². The average Bonchev–Trinajstić information content (AvgIpc) is 3.18. The molecule has 1 unspecified atom stereocenters. The zero-order valence-electron chi connectivity index (χ0n) is 21.1. The Morgan fingerprint density at radius 2 is 1.85 bits per heavy atom. The number of rotatable bonds is 9. The van der Waals surface area contributed by atoms with E-state index in [1.807, 2.05) is 49.9 Å². The Morgan fingerprint density at radius 1 is 1.09 bits per heavy atom. The van der Waals surface area contributed by atoms with Gasteiger partial charge < -0.3 is 19.1 Å². The van der Waals surface area contributed by atoms with E-state index in [1.165, 1.54) is 24.8 Å². The fraction of sp³-hybridized carbons (Fsp3) is 0.500. The lowest BCUT2D eigenvalue weighted by Gasteiger charge is -2.33. The number of carbonyl (C=O) groups excluding carboxylic acids is 1. The van der Waals surface area contributed by atoms with Gasteiger partial charge in [0.25, 0.3) is 5.91 Å². The summed E-state index contributed by atoms with van der Waals surface area (Å²) in [7, 11) is 2.23. The Balaban J connectivity index is 1.69. The van der Waals surface area contributed by atoms with Gasteiger partial charge in [0.1, 0.15) is 11.6 Å². The minimum Gasteiger partial charge on any atom is -0.494 e. The van der Waals surface area contributed by atoms with E-state index in [0.29, 0.717) is 31.3 Å². The molecule has 6 heteroatoms. The molecule has 182 valence electrons. The highest BCUT2D eigenvalue weighted by molar-refractivity contribution is 5.97. The molecule has 0 N–H and O–H groups in total. The van der Waals surface area contributed by atoms with Crippen LogP contribution in [0.4, 0.5) is 0 Å². The Bertz CT molecular complexity index is 1100. The first-order valence-electron chi connectivity index (χ1n) is 12.7. The number of benzene rings is 2. The topological polar surface area (TPSA) is 50.6 Å². The van der Waals surface area contributed by atoms with Crippen molar-refractivity contribution in [3.05, 3.63) is 59.4 Å². The molecule has 1 aliphatic rings. The molecular weight excluding hydrogens is 424 g/mol. The summed E-state index contributed by atoms with van der Waals surface area (Å²) in [4.78, 5) is 22.3. The summed E-state index contributed by atoms with van der Waals surface area (Å²) in [6.07, 6.45) is 4.50. The molecule has 1 aromatic heterocycles. The van der Waals surface area contributed by atoms with Gasteiger partial charge in [-0.3, -0.25) is 4.79 Å². The maximum atomic E-state index is 13.0. The van der Waals surface area contributed by atoms with Crippen molar-refractivity contribution >= 4 is 16.9 Å². The highest BCUT2D eigenvalue weighted by atomic mass is 16.5. The Labute approximate surface area is 203 Å². The van der Waals surface area contributed by atoms with Gasteiger partial charge in [-0.05, 0) is 83.1 Å². The number of aromatic nitrogens is 2. The van der Waals surface area contributed by atoms with Crippen molar-refractivity contribution in [3.63, 3.8) is 0 Å². The van der Waals surface area contributed by atoms with Gasteiger partial charge in [0.2, 0.25) is 0 Å². The molecule has 2 heterocycles. The number of imidazole rings is 1. The standard InChI is InChI=1S/C28H38N4O2/c1-5-31(6-2)28(33)22-13-16-26-25(19-22)29-27(18-21-11-14-24(15-12-21)34-7-3)32(26)20-23-10-8-9-17-30(23)4/h11-16,19,23H,5-10,17-18,20H2,1-4H3. The predicted octanol–water partition coefficient (Wildman–Crippen LogP) is 4.99. The smallest absolute Gasteiger partial charge is 0.253 e. The predicted molar refractivity (Wildman–Crippen MR) is 138 cm³/mol. The summed E-state index contributed by atoms with van der Waals surface area (Å²) in [6, 6.07) is 14.8. The van der Waals surface area contributed by atoms with Crippen LogP contribution in [0, 0.1) is 0 Å². The van der Waals surface area contributed by atoms with Crippen LogP contribution in [0.1, 0.15) is 61.8 Å². The number of hydrogen-bond acceptors (Lipinski definition) is 4. The Kier molecular flexibility index (Phi) is 7.88. The molecule has 3 aromatic rings. The lowest BCUT2D eigenvalue weighted by atomic mass is 10.0. The second-order valence-electron chi connectivity index (χ2n) is 9.20. The number of carbonyl (C=O) groups is 1. The van der Waals surface area contributed by atoms with Gasteiger partial charge >= 0.3 is 0 Å². The van der Waals surface area contributed by atoms with Crippen molar-refractivity contribution in [1.29, 1.82) is 0 Å². The molecule has 1 amide bonds. The second kappa shape index (κ2) is 11.0. The van der Waals surface area contributed by atoms with Crippen LogP contribution in [0.3, 0.4) is 0 Å². The largest absolute Gasteiger partial charge is 0.494 e. The molecule has 0 spiro atoms. The highest BCUT2D eigenvalue weighted by Crippen LogP contribution is 2.25. The number of fused-ring (bicyclic) bond motifs is 1. The summed E-state index contributed by atoms with van der Waals surface area (Å²) in [6.45, 7) is 10.2. The third-order valence-electron chi connectivity index (χ3n) is 7.04. The van der Waals surface area contributed by atoms with Crippen molar-refractivity contribution in [3.8, 4) is 5.75 Å². The normalized spacial score (nSPS) is 16.6. The van der Waals surface area contributed by atoms with Crippen LogP contribution in [0.5, 0.6) is 5.75 Å². The summed E-state index contributed by atoms with van der Waals surface area (Å²) in [5.41, 5.74) is 3.92. The van der Waals surface area contributed by atoms with Crippen molar-refractivity contribution in [1.82, 2.24) is 19.4 Å². The van der Waals surface area contributed by atoms with Crippen molar-refractivity contribution < 1.29 is 9.53 Å². The van der Waals surface area contributed by atoms with Crippen LogP contribution in [0.2, 0.25) is 0 Å². The number of likely N-dealkylation sites (tertiary alicyclic amines) is 1. The van der Waals surface area contributed by atoms with E-state index >= 15 is 0 Å². The van der Waals surface area contributed by atoms with Crippen LogP contribution in [0.15, 0.2) is 42.5 Å². The van der Waals surface area contributed by atoms with E-state index < -0.39 is 0 Å². The molecule has 1 aliphatic heterocycles. The summed E-state index contributed by atoms with van der Waals surface area (Å²) >= 11 is 0. The molecule has 1 atom stereocenters. The first-order chi connectivity index (χ1) is 16.5. The minimum atomic E-state index is 0.0709. The van der Waals surface area contributed by atoms with Crippen LogP contribution >= 0.6 is 0 Å². The van der Waals surface area contributed by atoms with E-state index in [-0.39, 0.29) is 5.91 Å². The second-order valence-corrected chi connectivity index (χ2v) is 9.20. The zero-order chi connectivity index (χ0) is 24.1.